The number of anilines is 2. The Balaban J connectivity index is 1.73. The molecule has 2 aromatic rings. The van der Waals surface area contributed by atoms with Gasteiger partial charge in [0.25, 0.3) is 5.91 Å². The summed E-state index contributed by atoms with van der Waals surface area (Å²) in [6.45, 7) is 0.862. The van der Waals surface area contributed by atoms with Gasteiger partial charge in [-0.1, -0.05) is 0 Å². The molecule has 0 unspecified atom stereocenters. The first kappa shape index (κ1) is 11.7. The van der Waals surface area contributed by atoms with E-state index >= 15 is 0 Å². The van der Waals surface area contributed by atoms with Gasteiger partial charge in [0.15, 0.2) is 0 Å². The molecule has 1 saturated carbocycles. The second-order valence-corrected chi connectivity index (χ2v) is 4.77. The molecule has 0 aliphatic heterocycles. The standard InChI is InChI=1S/C13H15N5O/c14-11-7-10(3-5-15-11)13(19)17-12-4-6-16-18(12)8-9-1-2-9/h3-7,9H,1-2,8H2,(H2,14,15)(H,17,19). The van der Waals surface area contributed by atoms with E-state index in [1.54, 1.807) is 24.4 Å². The van der Waals surface area contributed by atoms with Crippen molar-refractivity contribution in [1.82, 2.24) is 14.8 Å². The molecular weight excluding hydrogens is 242 g/mol. The van der Waals surface area contributed by atoms with Crippen LogP contribution in [-0.4, -0.2) is 20.7 Å². The largest absolute Gasteiger partial charge is 0.384 e. The molecule has 1 aliphatic carbocycles. The van der Waals surface area contributed by atoms with Crippen molar-refractivity contribution < 1.29 is 4.79 Å². The maximum Gasteiger partial charge on any atom is 0.256 e. The summed E-state index contributed by atoms with van der Waals surface area (Å²) in [5.74, 6) is 1.55. The van der Waals surface area contributed by atoms with Crippen LogP contribution in [0.3, 0.4) is 0 Å². The van der Waals surface area contributed by atoms with Gasteiger partial charge in [0.05, 0.1) is 6.20 Å². The van der Waals surface area contributed by atoms with Gasteiger partial charge >= 0.3 is 0 Å². The Kier molecular flexibility index (Phi) is 2.91. The lowest BCUT2D eigenvalue weighted by molar-refractivity contribution is 0.102. The van der Waals surface area contributed by atoms with Crippen LogP contribution in [0.2, 0.25) is 0 Å². The Labute approximate surface area is 110 Å². The van der Waals surface area contributed by atoms with Crippen molar-refractivity contribution in [2.24, 2.45) is 5.92 Å². The highest BCUT2D eigenvalue weighted by Crippen LogP contribution is 2.31. The molecule has 0 aromatic carbocycles. The van der Waals surface area contributed by atoms with Crippen molar-refractivity contribution in [3.05, 3.63) is 36.2 Å². The van der Waals surface area contributed by atoms with E-state index in [-0.39, 0.29) is 5.91 Å². The van der Waals surface area contributed by atoms with Crippen LogP contribution >= 0.6 is 0 Å². The molecule has 1 amide bonds. The van der Waals surface area contributed by atoms with Crippen molar-refractivity contribution in [3.63, 3.8) is 0 Å². The fourth-order valence-electron chi connectivity index (χ4n) is 1.91. The number of nitrogens with zero attached hydrogens (tertiary/aromatic N) is 3. The maximum absolute atomic E-state index is 12.1. The van der Waals surface area contributed by atoms with Crippen molar-refractivity contribution in [2.45, 2.75) is 19.4 Å². The number of amides is 1. The summed E-state index contributed by atoms with van der Waals surface area (Å²) in [5, 5.41) is 7.07. The van der Waals surface area contributed by atoms with Crippen LogP contribution in [0.25, 0.3) is 0 Å². The van der Waals surface area contributed by atoms with Gasteiger partial charge in [-0.15, -0.1) is 0 Å². The molecule has 2 heterocycles. The number of carbonyl (C=O) groups is 1. The van der Waals surface area contributed by atoms with Gasteiger partial charge in [-0.3, -0.25) is 4.79 Å². The number of nitrogens with two attached hydrogens (primary N) is 1. The molecule has 3 rings (SSSR count). The summed E-state index contributed by atoms with van der Waals surface area (Å²) < 4.78 is 1.83. The lowest BCUT2D eigenvalue weighted by atomic mass is 10.2. The van der Waals surface area contributed by atoms with E-state index in [9.17, 15) is 4.79 Å². The zero-order valence-corrected chi connectivity index (χ0v) is 10.4. The third-order valence-electron chi connectivity index (χ3n) is 3.13. The summed E-state index contributed by atoms with van der Waals surface area (Å²) in [5.41, 5.74) is 6.06. The minimum atomic E-state index is -0.202. The highest BCUT2D eigenvalue weighted by molar-refractivity contribution is 6.04. The molecule has 0 saturated heterocycles. The highest BCUT2D eigenvalue weighted by atomic mass is 16.1. The maximum atomic E-state index is 12.1. The molecular formula is C13H15N5O. The van der Waals surface area contributed by atoms with Gasteiger partial charge in [0.2, 0.25) is 0 Å². The van der Waals surface area contributed by atoms with Crippen LogP contribution in [0.5, 0.6) is 0 Å². The van der Waals surface area contributed by atoms with Crippen LogP contribution in [0, 0.1) is 5.92 Å². The number of hydrogen-bond acceptors (Lipinski definition) is 4. The first-order valence-electron chi connectivity index (χ1n) is 6.27. The Bertz CT molecular complexity index is 603. The van der Waals surface area contributed by atoms with Gasteiger partial charge in [0.1, 0.15) is 11.6 Å². The van der Waals surface area contributed by atoms with E-state index in [1.807, 2.05) is 4.68 Å². The van der Waals surface area contributed by atoms with Crippen molar-refractivity contribution in [2.75, 3.05) is 11.1 Å². The van der Waals surface area contributed by atoms with Crippen molar-refractivity contribution in [1.29, 1.82) is 0 Å². The minimum Gasteiger partial charge on any atom is -0.384 e. The SMILES string of the molecule is Nc1cc(C(=O)Nc2ccnn2CC2CC2)ccn1. The van der Waals surface area contributed by atoms with Gasteiger partial charge in [-0.2, -0.15) is 5.10 Å². The number of aromatic nitrogens is 3. The van der Waals surface area contributed by atoms with E-state index in [1.165, 1.54) is 19.0 Å². The average molecular weight is 257 g/mol. The molecule has 19 heavy (non-hydrogen) atoms. The van der Waals surface area contributed by atoms with Gasteiger partial charge < -0.3 is 11.1 Å². The van der Waals surface area contributed by atoms with E-state index < -0.39 is 0 Å². The van der Waals surface area contributed by atoms with E-state index in [0.29, 0.717) is 23.1 Å². The summed E-state index contributed by atoms with van der Waals surface area (Å²) >= 11 is 0. The van der Waals surface area contributed by atoms with Gasteiger partial charge in [-0.25, -0.2) is 9.67 Å². The van der Waals surface area contributed by atoms with Gasteiger partial charge in [0, 0.05) is 24.4 Å². The third-order valence-corrected chi connectivity index (χ3v) is 3.13. The predicted molar refractivity (Wildman–Crippen MR) is 71.6 cm³/mol. The smallest absolute Gasteiger partial charge is 0.256 e. The summed E-state index contributed by atoms with van der Waals surface area (Å²) in [6.07, 6.45) is 5.70. The molecule has 6 nitrogen and oxygen atoms in total. The zero-order valence-electron chi connectivity index (χ0n) is 10.4. The zero-order chi connectivity index (χ0) is 13.2. The Morgan fingerprint density at radius 1 is 1.42 bits per heavy atom. The summed E-state index contributed by atoms with van der Waals surface area (Å²) in [6, 6.07) is 4.98. The van der Waals surface area contributed by atoms with E-state index in [4.69, 9.17) is 5.73 Å². The number of rotatable bonds is 4. The Morgan fingerprint density at radius 3 is 3.00 bits per heavy atom. The molecule has 3 N–H and O–H groups in total. The highest BCUT2D eigenvalue weighted by Gasteiger charge is 2.23. The topological polar surface area (TPSA) is 85.8 Å². The van der Waals surface area contributed by atoms with Crippen LogP contribution < -0.4 is 11.1 Å². The molecule has 98 valence electrons. The Morgan fingerprint density at radius 2 is 2.26 bits per heavy atom. The minimum absolute atomic E-state index is 0.202. The molecule has 1 aliphatic rings. The quantitative estimate of drug-likeness (QED) is 0.869. The number of nitrogen functional groups attached to an aromatic ring is 1. The Hall–Kier alpha value is -2.37. The lowest BCUT2D eigenvalue weighted by Gasteiger charge is -2.08. The third kappa shape index (κ3) is 2.73. The molecule has 1 fully saturated rings. The predicted octanol–water partition coefficient (Wildman–Crippen LogP) is 1.52. The lowest BCUT2D eigenvalue weighted by Crippen LogP contribution is -2.16. The fourth-order valence-corrected chi connectivity index (χ4v) is 1.91. The fraction of sp³-hybridized carbons (Fsp3) is 0.308. The number of carbonyl (C=O) groups excluding carboxylic acids is 1. The van der Waals surface area contributed by atoms with Crippen molar-refractivity contribution >= 4 is 17.5 Å². The van der Waals surface area contributed by atoms with E-state index in [0.717, 1.165) is 6.54 Å². The monoisotopic (exact) mass is 257 g/mol. The molecule has 0 spiro atoms. The second-order valence-electron chi connectivity index (χ2n) is 4.77. The normalized spacial score (nSPS) is 14.3. The second kappa shape index (κ2) is 4.72. The molecule has 2 aromatic heterocycles. The van der Waals surface area contributed by atoms with Gasteiger partial charge in [-0.05, 0) is 30.9 Å². The van der Waals surface area contributed by atoms with Crippen LogP contribution in [0.4, 0.5) is 11.6 Å². The van der Waals surface area contributed by atoms with Crippen LogP contribution in [0.15, 0.2) is 30.6 Å². The summed E-state index contributed by atoms with van der Waals surface area (Å²) in [7, 11) is 0. The van der Waals surface area contributed by atoms with Crippen LogP contribution in [0.1, 0.15) is 23.2 Å². The number of pyridine rings is 1. The molecule has 0 atom stereocenters. The first-order chi connectivity index (χ1) is 9.22. The number of nitrogens with one attached hydrogen (secondary N) is 1. The first-order valence-corrected chi connectivity index (χ1v) is 6.27. The molecule has 0 radical (unpaired) electrons. The molecule has 6 heteroatoms. The summed E-state index contributed by atoms with van der Waals surface area (Å²) in [4.78, 5) is 15.9. The average Bonchev–Trinajstić information content (AvgIpc) is 3.10. The van der Waals surface area contributed by atoms with Crippen molar-refractivity contribution in [3.8, 4) is 0 Å². The van der Waals surface area contributed by atoms with E-state index in [2.05, 4.69) is 15.4 Å². The molecule has 0 bridgehead atoms. The number of hydrogen-bond donors (Lipinski definition) is 2. The van der Waals surface area contributed by atoms with Crippen LogP contribution in [-0.2, 0) is 6.54 Å².